The molecule has 1 saturated carbocycles. The Morgan fingerprint density at radius 1 is 1.29 bits per heavy atom. The summed E-state index contributed by atoms with van der Waals surface area (Å²) in [4.78, 5) is 18.9. The van der Waals surface area contributed by atoms with Gasteiger partial charge in [-0.3, -0.25) is 9.89 Å². The number of carbonyl (C=O) groups is 1. The molecule has 1 amide bonds. The first kappa shape index (κ1) is 17.0. The highest BCUT2D eigenvalue weighted by Crippen LogP contribution is 2.32. The van der Waals surface area contributed by atoms with E-state index in [4.69, 9.17) is 0 Å². The zero-order valence-electron chi connectivity index (χ0n) is 14.1. The second kappa shape index (κ2) is 8.33. The molecular formula is C18H24N4OS. The van der Waals surface area contributed by atoms with Crippen LogP contribution < -0.4 is 0 Å². The van der Waals surface area contributed by atoms with E-state index in [1.807, 2.05) is 42.2 Å². The maximum Gasteiger partial charge on any atom is 0.233 e. The zero-order chi connectivity index (χ0) is 16.8. The standard InChI is InChI=1S/C18H24N4OS/c1-2-22(12-14-8-4-3-5-9-14)16(23)13-24-18-19-17(20-21-18)15-10-6-7-11-15/h3-5,8-9,15H,2,6-7,10-13H2,1H3,(H,19,20,21). The Bertz CT molecular complexity index is 652. The van der Waals surface area contributed by atoms with Gasteiger partial charge in [-0.25, -0.2) is 4.98 Å². The molecule has 24 heavy (non-hydrogen) atoms. The average Bonchev–Trinajstić information content (AvgIpc) is 3.29. The summed E-state index contributed by atoms with van der Waals surface area (Å²) in [5, 5.41) is 7.99. The molecule has 0 unspecified atom stereocenters. The van der Waals surface area contributed by atoms with Crippen LogP contribution >= 0.6 is 11.8 Å². The molecule has 1 aliphatic rings. The number of H-pyrrole nitrogens is 1. The third-order valence-electron chi connectivity index (χ3n) is 4.50. The van der Waals surface area contributed by atoms with Crippen molar-refractivity contribution in [1.82, 2.24) is 20.1 Å². The smallest absolute Gasteiger partial charge is 0.233 e. The number of rotatable bonds is 7. The molecule has 1 aromatic carbocycles. The zero-order valence-corrected chi connectivity index (χ0v) is 14.9. The lowest BCUT2D eigenvalue weighted by atomic mass is 10.1. The van der Waals surface area contributed by atoms with Gasteiger partial charge in [0.2, 0.25) is 11.1 Å². The summed E-state index contributed by atoms with van der Waals surface area (Å²) in [5.41, 5.74) is 1.15. The molecule has 3 rings (SSSR count). The molecule has 0 saturated heterocycles. The lowest BCUT2D eigenvalue weighted by Gasteiger charge is -2.20. The summed E-state index contributed by atoms with van der Waals surface area (Å²) in [7, 11) is 0. The van der Waals surface area contributed by atoms with Crippen LogP contribution in [0.5, 0.6) is 0 Å². The number of nitrogens with one attached hydrogen (secondary N) is 1. The number of thioether (sulfide) groups is 1. The first-order chi connectivity index (χ1) is 11.8. The van der Waals surface area contributed by atoms with Gasteiger partial charge < -0.3 is 4.90 Å². The van der Waals surface area contributed by atoms with Crippen LogP contribution in [0.2, 0.25) is 0 Å². The van der Waals surface area contributed by atoms with Crippen LogP contribution in [-0.2, 0) is 11.3 Å². The van der Waals surface area contributed by atoms with Crippen molar-refractivity contribution in [3.63, 3.8) is 0 Å². The Labute approximate surface area is 147 Å². The van der Waals surface area contributed by atoms with Gasteiger partial charge in [-0.2, -0.15) is 0 Å². The number of hydrogen-bond donors (Lipinski definition) is 1. The molecule has 5 nitrogen and oxygen atoms in total. The van der Waals surface area contributed by atoms with E-state index in [1.54, 1.807) is 0 Å². The van der Waals surface area contributed by atoms with Gasteiger partial charge in [-0.15, -0.1) is 5.10 Å². The second-order valence-corrected chi connectivity index (χ2v) is 7.11. The van der Waals surface area contributed by atoms with E-state index in [0.29, 0.717) is 29.9 Å². The summed E-state index contributed by atoms with van der Waals surface area (Å²) in [5.74, 6) is 2.01. The number of carbonyl (C=O) groups excluding carboxylic acids is 1. The Hall–Kier alpha value is -1.82. The molecule has 1 fully saturated rings. The van der Waals surface area contributed by atoms with E-state index >= 15 is 0 Å². The van der Waals surface area contributed by atoms with Crippen molar-refractivity contribution in [2.45, 2.75) is 50.2 Å². The molecule has 0 atom stereocenters. The third-order valence-corrected chi connectivity index (χ3v) is 5.33. The molecular weight excluding hydrogens is 320 g/mol. The maximum atomic E-state index is 12.5. The Balaban J connectivity index is 1.52. The summed E-state index contributed by atoms with van der Waals surface area (Å²) >= 11 is 1.42. The van der Waals surface area contributed by atoms with Gasteiger partial charge in [0, 0.05) is 19.0 Å². The van der Waals surface area contributed by atoms with Crippen LogP contribution in [0.1, 0.15) is 49.9 Å². The van der Waals surface area contributed by atoms with Crippen LogP contribution in [0.4, 0.5) is 0 Å². The molecule has 0 spiro atoms. The van der Waals surface area contributed by atoms with Crippen molar-refractivity contribution < 1.29 is 4.79 Å². The van der Waals surface area contributed by atoms with E-state index in [1.165, 1.54) is 37.4 Å². The lowest BCUT2D eigenvalue weighted by Crippen LogP contribution is -2.31. The highest BCUT2D eigenvalue weighted by Gasteiger charge is 2.21. The molecule has 1 heterocycles. The fourth-order valence-corrected chi connectivity index (χ4v) is 3.81. The number of amides is 1. The minimum atomic E-state index is 0.124. The van der Waals surface area contributed by atoms with Crippen molar-refractivity contribution in [1.29, 1.82) is 0 Å². The molecule has 0 aliphatic heterocycles. The lowest BCUT2D eigenvalue weighted by molar-refractivity contribution is -0.128. The summed E-state index contributed by atoms with van der Waals surface area (Å²) in [6.45, 7) is 3.37. The van der Waals surface area contributed by atoms with E-state index in [2.05, 4.69) is 15.2 Å². The SMILES string of the molecule is CCN(Cc1ccccc1)C(=O)CSc1n[nH]c(C2CCCC2)n1. The Morgan fingerprint density at radius 3 is 2.75 bits per heavy atom. The van der Waals surface area contributed by atoms with Crippen molar-refractivity contribution in [2.24, 2.45) is 0 Å². The molecule has 2 aromatic rings. The summed E-state index contributed by atoms with van der Waals surface area (Å²) in [6, 6.07) is 10.1. The number of aromatic amines is 1. The predicted octanol–water partition coefficient (Wildman–Crippen LogP) is 3.60. The van der Waals surface area contributed by atoms with Gasteiger partial charge in [-0.05, 0) is 25.3 Å². The van der Waals surface area contributed by atoms with Crippen LogP contribution in [-0.4, -0.2) is 38.3 Å². The first-order valence-corrected chi connectivity index (χ1v) is 9.61. The van der Waals surface area contributed by atoms with Crippen LogP contribution in [0.25, 0.3) is 0 Å². The van der Waals surface area contributed by atoms with Gasteiger partial charge >= 0.3 is 0 Å². The minimum absolute atomic E-state index is 0.124. The predicted molar refractivity (Wildman–Crippen MR) is 95.8 cm³/mol. The van der Waals surface area contributed by atoms with Crippen molar-refractivity contribution in [3.05, 3.63) is 41.7 Å². The fraction of sp³-hybridized carbons (Fsp3) is 0.500. The molecule has 0 radical (unpaired) electrons. The van der Waals surface area contributed by atoms with E-state index < -0.39 is 0 Å². The maximum absolute atomic E-state index is 12.5. The highest BCUT2D eigenvalue weighted by atomic mass is 32.2. The van der Waals surface area contributed by atoms with E-state index in [9.17, 15) is 4.79 Å². The topological polar surface area (TPSA) is 61.9 Å². The molecule has 1 aliphatic carbocycles. The van der Waals surface area contributed by atoms with Gasteiger partial charge in [0.15, 0.2) is 0 Å². The molecule has 1 aromatic heterocycles. The normalized spacial score (nSPS) is 14.9. The molecule has 128 valence electrons. The van der Waals surface area contributed by atoms with Crippen LogP contribution in [0.3, 0.4) is 0 Å². The Kier molecular flexibility index (Phi) is 5.91. The monoisotopic (exact) mass is 344 g/mol. The van der Waals surface area contributed by atoms with Gasteiger partial charge in [0.05, 0.1) is 5.75 Å². The number of nitrogens with zero attached hydrogens (tertiary/aromatic N) is 3. The first-order valence-electron chi connectivity index (χ1n) is 8.63. The van der Waals surface area contributed by atoms with Gasteiger partial charge in [-0.1, -0.05) is 54.9 Å². The molecule has 0 bridgehead atoms. The minimum Gasteiger partial charge on any atom is -0.338 e. The van der Waals surface area contributed by atoms with E-state index in [-0.39, 0.29) is 5.91 Å². The molecule has 1 N–H and O–H groups in total. The quantitative estimate of drug-likeness (QED) is 0.780. The number of aromatic nitrogens is 3. The van der Waals surface area contributed by atoms with Gasteiger partial charge in [0.1, 0.15) is 5.82 Å². The van der Waals surface area contributed by atoms with Crippen molar-refractivity contribution in [3.8, 4) is 0 Å². The van der Waals surface area contributed by atoms with E-state index in [0.717, 1.165) is 11.4 Å². The van der Waals surface area contributed by atoms with Gasteiger partial charge in [0.25, 0.3) is 0 Å². The van der Waals surface area contributed by atoms with Crippen molar-refractivity contribution >= 4 is 17.7 Å². The largest absolute Gasteiger partial charge is 0.338 e. The number of benzene rings is 1. The van der Waals surface area contributed by atoms with Crippen LogP contribution in [0, 0.1) is 0 Å². The highest BCUT2D eigenvalue weighted by molar-refractivity contribution is 7.99. The Morgan fingerprint density at radius 2 is 2.04 bits per heavy atom. The summed E-state index contributed by atoms with van der Waals surface area (Å²) < 4.78 is 0. The number of hydrogen-bond acceptors (Lipinski definition) is 4. The molecule has 6 heteroatoms. The van der Waals surface area contributed by atoms with Crippen LogP contribution in [0.15, 0.2) is 35.5 Å². The average molecular weight is 344 g/mol. The fourth-order valence-electron chi connectivity index (χ4n) is 3.10. The van der Waals surface area contributed by atoms with Crippen molar-refractivity contribution in [2.75, 3.05) is 12.3 Å². The third kappa shape index (κ3) is 4.38. The second-order valence-electron chi connectivity index (χ2n) is 6.17. The summed E-state index contributed by atoms with van der Waals surface area (Å²) in [6.07, 6.45) is 4.94.